The highest BCUT2D eigenvalue weighted by atomic mass is 16.5. The summed E-state index contributed by atoms with van der Waals surface area (Å²) < 4.78 is 28.5. The normalized spacial score (nSPS) is 57.0. The molecule has 68 heavy (non-hydrogen) atoms. The molecule has 24 atom stereocenters. The van der Waals surface area contributed by atoms with Crippen LogP contribution in [0.3, 0.4) is 0 Å². The van der Waals surface area contributed by atoms with Crippen molar-refractivity contribution in [1.82, 2.24) is 31.1 Å². The summed E-state index contributed by atoms with van der Waals surface area (Å²) >= 11 is 0. The Hall–Kier alpha value is -0.400. The SMILES string of the molecule is C1CCC2OC(C3CC(C4NC5CCCCC5O4)CC(N4C5CCCCC5C5C6C7CCCCC7N(C7CC(C8NC9CCCCC9O8)CC(C8NC9CCCCC9O8)C7)C6CCC54)C3)NC2C1. The van der Waals surface area contributed by atoms with E-state index in [0.29, 0.717) is 84.3 Å². The Morgan fingerprint density at radius 3 is 0.897 bits per heavy atom. The Labute approximate surface area is 411 Å². The predicted molar refractivity (Wildman–Crippen MR) is 264 cm³/mol. The van der Waals surface area contributed by atoms with Crippen molar-refractivity contribution in [1.29, 1.82) is 0 Å². The number of rotatable bonds is 6. The van der Waals surface area contributed by atoms with Crippen molar-refractivity contribution >= 4 is 0 Å². The maximum absolute atomic E-state index is 7.13. The molecule has 15 rings (SSSR count). The van der Waals surface area contributed by atoms with Crippen molar-refractivity contribution in [3.8, 4) is 0 Å². The molecule has 0 aromatic rings. The third-order valence-electron chi connectivity index (χ3n) is 23.9. The fourth-order valence-corrected chi connectivity index (χ4v) is 21.3. The average Bonchev–Trinajstić information content (AvgIpc) is 4.26. The summed E-state index contributed by atoms with van der Waals surface area (Å²) in [5.74, 6) is 5.85. The van der Waals surface area contributed by atoms with Gasteiger partial charge in [0.1, 0.15) is 24.9 Å². The minimum atomic E-state index is 0.227. The predicted octanol–water partition coefficient (Wildman–Crippen LogP) is 9.10. The van der Waals surface area contributed by atoms with Crippen molar-refractivity contribution in [2.75, 3.05) is 0 Å². The Bertz CT molecular complexity index is 1520. The molecule has 6 saturated heterocycles. The van der Waals surface area contributed by atoms with Crippen LogP contribution in [0.4, 0.5) is 0 Å². The van der Waals surface area contributed by atoms with Crippen LogP contribution in [-0.4, -0.2) is 120 Å². The monoisotopic (exact) mass is 939 g/mol. The van der Waals surface area contributed by atoms with Gasteiger partial charge in [-0.1, -0.05) is 77.0 Å². The lowest BCUT2D eigenvalue weighted by Crippen LogP contribution is -2.56. The lowest BCUT2D eigenvalue weighted by molar-refractivity contribution is -0.0813. The van der Waals surface area contributed by atoms with Gasteiger partial charge in [-0.3, -0.25) is 31.1 Å². The maximum Gasteiger partial charge on any atom is 0.111 e. The zero-order valence-electron chi connectivity index (χ0n) is 42.2. The second-order valence-electron chi connectivity index (χ2n) is 27.2. The Kier molecular flexibility index (Phi) is 12.4. The van der Waals surface area contributed by atoms with E-state index >= 15 is 0 Å². The van der Waals surface area contributed by atoms with Crippen LogP contribution < -0.4 is 21.3 Å². The van der Waals surface area contributed by atoms with Crippen molar-refractivity contribution in [2.24, 2.45) is 47.3 Å². The summed E-state index contributed by atoms with van der Waals surface area (Å²) in [7, 11) is 0. The highest BCUT2D eigenvalue weighted by molar-refractivity contribution is 5.17. The lowest BCUT2D eigenvalue weighted by atomic mass is 9.61. The largest absolute Gasteiger partial charge is 0.358 e. The number of fused-ring (bicyclic) bond motifs is 11. The third kappa shape index (κ3) is 7.86. The molecular weight excluding hydrogens is 845 g/mol. The Morgan fingerprint density at radius 1 is 0.279 bits per heavy atom. The van der Waals surface area contributed by atoms with Gasteiger partial charge < -0.3 is 18.9 Å². The molecular formula is C58H94N6O4. The molecule has 9 aliphatic carbocycles. The molecule has 0 aromatic carbocycles. The second kappa shape index (κ2) is 18.8. The van der Waals surface area contributed by atoms with Crippen LogP contribution in [0.1, 0.15) is 205 Å². The first-order valence-corrected chi connectivity index (χ1v) is 30.9. The van der Waals surface area contributed by atoms with Crippen LogP contribution in [0.15, 0.2) is 0 Å². The van der Waals surface area contributed by atoms with E-state index < -0.39 is 0 Å². The Morgan fingerprint density at radius 2 is 0.574 bits per heavy atom. The van der Waals surface area contributed by atoms with Gasteiger partial charge in [0.15, 0.2) is 0 Å². The van der Waals surface area contributed by atoms with Gasteiger partial charge in [-0.05, 0) is 152 Å². The number of likely N-dealkylation sites (tertiary alicyclic amines) is 2. The maximum atomic E-state index is 7.13. The minimum Gasteiger partial charge on any atom is -0.358 e. The highest BCUT2D eigenvalue weighted by Crippen LogP contribution is 2.62. The summed E-state index contributed by atoms with van der Waals surface area (Å²) in [6, 6.07) is 6.71. The molecule has 9 saturated carbocycles. The van der Waals surface area contributed by atoms with Crippen LogP contribution in [0, 0.1) is 47.3 Å². The highest BCUT2D eigenvalue weighted by Gasteiger charge is 2.65. The van der Waals surface area contributed by atoms with E-state index in [4.69, 9.17) is 18.9 Å². The molecule has 0 radical (unpaired) electrons. The molecule has 6 aliphatic heterocycles. The summed E-state index contributed by atoms with van der Waals surface area (Å²) in [6.45, 7) is 0. The molecule has 0 bridgehead atoms. The topological polar surface area (TPSA) is 91.5 Å². The van der Waals surface area contributed by atoms with Gasteiger partial charge >= 0.3 is 0 Å². The fraction of sp³-hybridized carbons (Fsp3) is 1.00. The summed E-state index contributed by atoms with van der Waals surface area (Å²) in [4.78, 5) is 6.73. The van der Waals surface area contributed by atoms with Crippen LogP contribution in [0.25, 0.3) is 0 Å². The zero-order valence-corrected chi connectivity index (χ0v) is 42.2. The first kappa shape index (κ1) is 45.0. The number of nitrogens with zero attached hydrogens (tertiary/aromatic N) is 2. The van der Waals surface area contributed by atoms with E-state index in [-0.39, 0.29) is 24.9 Å². The molecule has 15 aliphatic rings. The van der Waals surface area contributed by atoms with E-state index in [1.807, 2.05) is 0 Å². The third-order valence-corrected chi connectivity index (χ3v) is 23.9. The van der Waals surface area contributed by atoms with Crippen molar-refractivity contribution in [3.05, 3.63) is 0 Å². The molecule has 10 nitrogen and oxygen atoms in total. The molecule has 24 unspecified atom stereocenters. The van der Waals surface area contributed by atoms with E-state index in [1.165, 1.54) is 205 Å². The van der Waals surface area contributed by atoms with Crippen molar-refractivity contribution in [2.45, 2.75) is 315 Å². The van der Waals surface area contributed by atoms with Crippen LogP contribution in [0.5, 0.6) is 0 Å². The van der Waals surface area contributed by atoms with E-state index in [9.17, 15) is 0 Å². The summed E-state index contributed by atoms with van der Waals surface area (Å²) in [5.41, 5.74) is 0. The van der Waals surface area contributed by atoms with Crippen molar-refractivity contribution in [3.63, 3.8) is 0 Å². The number of nitrogens with one attached hydrogen (secondary N) is 4. The minimum absolute atomic E-state index is 0.227. The van der Waals surface area contributed by atoms with Gasteiger partial charge in [-0.15, -0.1) is 0 Å². The number of hydrogen-bond donors (Lipinski definition) is 4. The van der Waals surface area contributed by atoms with E-state index in [2.05, 4.69) is 31.1 Å². The van der Waals surface area contributed by atoms with Gasteiger partial charge in [-0.2, -0.15) is 0 Å². The molecule has 15 fully saturated rings. The molecule has 6 heterocycles. The quantitative estimate of drug-likeness (QED) is 0.207. The van der Waals surface area contributed by atoms with Gasteiger partial charge in [0, 0.05) is 84.1 Å². The molecule has 0 spiro atoms. The molecule has 0 amide bonds. The standard InChI is InChI=1S/C58H94N6O4/c1-7-19-45-39(13-1)53-47(63(45)37-29-33(55-59-41-15-3-9-21-49(41)65-55)27-34(30-37)56-60-42-16-4-10-22-50(42)66-56)25-26-48-54(53)40-14-2-8-20-46(40)64(48)38-31-35(57-61-43-17-5-11-23-51(43)67-57)28-36(32-38)58-62-44-18-6-12-24-52(44)68-58/h33-62H,1-32H2. The molecule has 4 N–H and O–H groups in total. The van der Waals surface area contributed by atoms with Gasteiger partial charge in [-0.25, -0.2) is 0 Å². The zero-order chi connectivity index (χ0) is 44.5. The van der Waals surface area contributed by atoms with Gasteiger partial charge in [0.05, 0.1) is 24.4 Å². The van der Waals surface area contributed by atoms with Crippen LogP contribution in [0.2, 0.25) is 0 Å². The van der Waals surface area contributed by atoms with Crippen LogP contribution in [-0.2, 0) is 18.9 Å². The van der Waals surface area contributed by atoms with E-state index in [1.54, 1.807) is 0 Å². The second-order valence-corrected chi connectivity index (χ2v) is 27.2. The van der Waals surface area contributed by atoms with Gasteiger partial charge in [0.2, 0.25) is 0 Å². The summed E-state index contributed by atoms with van der Waals surface area (Å²) in [5, 5.41) is 16.7. The van der Waals surface area contributed by atoms with E-state index in [0.717, 1.165) is 47.8 Å². The smallest absolute Gasteiger partial charge is 0.111 e. The molecule has 0 aromatic heterocycles. The van der Waals surface area contributed by atoms with Crippen molar-refractivity contribution < 1.29 is 18.9 Å². The summed E-state index contributed by atoms with van der Waals surface area (Å²) in [6.07, 6.45) is 46.1. The first-order chi connectivity index (χ1) is 33.6. The number of ether oxygens (including phenoxy) is 4. The first-order valence-electron chi connectivity index (χ1n) is 30.9. The molecule has 380 valence electrons. The van der Waals surface area contributed by atoms with Gasteiger partial charge in [0.25, 0.3) is 0 Å². The molecule has 10 heteroatoms. The average molecular weight is 939 g/mol. The Balaban J connectivity index is 0.730. The number of hydrogen-bond acceptors (Lipinski definition) is 10. The fourth-order valence-electron chi connectivity index (χ4n) is 21.3. The lowest BCUT2D eigenvalue weighted by Gasteiger charge is -2.50. The van der Waals surface area contributed by atoms with Crippen LogP contribution >= 0.6 is 0 Å².